The Balaban J connectivity index is 1.90. The van der Waals surface area contributed by atoms with Crippen molar-refractivity contribution >= 4 is 23.2 Å². The third-order valence-corrected chi connectivity index (χ3v) is 5.12. The number of methoxy groups -OCH3 is 1. The van der Waals surface area contributed by atoms with Gasteiger partial charge in [-0.2, -0.15) is 5.26 Å². The summed E-state index contributed by atoms with van der Waals surface area (Å²) in [6.07, 6.45) is 3.65. The van der Waals surface area contributed by atoms with Gasteiger partial charge in [-0.15, -0.1) is 0 Å². The van der Waals surface area contributed by atoms with Crippen LogP contribution in [0.1, 0.15) is 36.8 Å². The van der Waals surface area contributed by atoms with Gasteiger partial charge in [0.05, 0.1) is 18.1 Å². The molecule has 0 saturated heterocycles. The predicted molar refractivity (Wildman–Crippen MR) is 97.9 cm³/mol. The number of hydrogen-bond acceptors (Lipinski definition) is 3. The van der Waals surface area contributed by atoms with Crippen LogP contribution in [0, 0.1) is 11.3 Å². The van der Waals surface area contributed by atoms with E-state index in [4.69, 9.17) is 16.3 Å². The lowest BCUT2D eigenvalue weighted by atomic mass is 9.78. The predicted octanol–water partition coefficient (Wildman–Crippen LogP) is 4.67. The Morgan fingerprint density at radius 2 is 1.88 bits per heavy atom. The van der Waals surface area contributed by atoms with E-state index >= 15 is 0 Å². The molecule has 0 aliphatic heterocycles. The fraction of sp³-hybridized carbons (Fsp3) is 0.300. The molecule has 0 bridgehead atoms. The van der Waals surface area contributed by atoms with Crippen LogP contribution in [0.5, 0.6) is 5.75 Å². The lowest BCUT2D eigenvalue weighted by Gasteiger charge is -2.28. The number of nitrogens with zero attached hydrogens (tertiary/aromatic N) is 1. The van der Waals surface area contributed by atoms with Gasteiger partial charge in [0.15, 0.2) is 0 Å². The van der Waals surface area contributed by atoms with Crippen molar-refractivity contribution in [2.45, 2.75) is 31.1 Å². The maximum Gasteiger partial charge on any atom is 0.235 e. The summed E-state index contributed by atoms with van der Waals surface area (Å²) in [5.41, 5.74) is 1.44. The Bertz CT molecular complexity index is 819. The average molecular weight is 355 g/mol. The smallest absolute Gasteiger partial charge is 0.235 e. The van der Waals surface area contributed by atoms with Gasteiger partial charge in [-0.3, -0.25) is 4.79 Å². The third kappa shape index (κ3) is 3.33. The summed E-state index contributed by atoms with van der Waals surface area (Å²) in [7, 11) is 1.52. The summed E-state index contributed by atoms with van der Waals surface area (Å²) in [6.45, 7) is 0. The first-order chi connectivity index (χ1) is 12.1. The van der Waals surface area contributed by atoms with Gasteiger partial charge >= 0.3 is 0 Å². The lowest BCUT2D eigenvalue weighted by Crippen LogP contribution is -2.38. The number of ether oxygens (including phenoxy) is 1. The van der Waals surface area contributed by atoms with E-state index in [1.54, 1.807) is 18.2 Å². The zero-order valence-corrected chi connectivity index (χ0v) is 14.8. The Labute approximate surface area is 152 Å². The second-order valence-corrected chi connectivity index (χ2v) is 6.71. The van der Waals surface area contributed by atoms with Crippen molar-refractivity contribution in [1.29, 1.82) is 5.26 Å². The highest BCUT2D eigenvalue weighted by atomic mass is 35.5. The highest BCUT2D eigenvalue weighted by Gasteiger charge is 2.42. The molecule has 25 heavy (non-hydrogen) atoms. The number of rotatable bonds is 4. The number of nitrogens with one attached hydrogen (secondary N) is 1. The molecule has 4 nitrogen and oxygen atoms in total. The first-order valence-electron chi connectivity index (χ1n) is 8.25. The number of carbonyl (C=O) groups is 1. The summed E-state index contributed by atoms with van der Waals surface area (Å²) in [6, 6.07) is 14.7. The minimum atomic E-state index is -0.544. The van der Waals surface area contributed by atoms with Gasteiger partial charge in [-0.25, -0.2) is 0 Å². The molecule has 1 aliphatic carbocycles. The average Bonchev–Trinajstić information content (AvgIpc) is 3.13. The van der Waals surface area contributed by atoms with Gasteiger partial charge in [0, 0.05) is 10.7 Å². The van der Waals surface area contributed by atoms with E-state index in [9.17, 15) is 10.1 Å². The van der Waals surface area contributed by atoms with Crippen LogP contribution in [-0.2, 0) is 10.2 Å². The molecule has 0 spiro atoms. The Morgan fingerprint density at radius 3 is 2.48 bits per heavy atom. The maximum absolute atomic E-state index is 13.1. The van der Waals surface area contributed by atoms with E-state index in [0.29, 0.717) is 22.0 Å². The molecule has 5 heteroatoms. The molecule has 0 unspecified atom stereocenters. The molecule has 3 rings (SSSR count). The van der Waals surface area contributed by atoms with Crippen molar-refractivity contribution in [3.8, 4) is 11.8 Å². The quantitative estimate of drug-likeness (QED) is 0.867. The molecule has 2 aromatic rings. The van der Waals surface area contributed by atoms with Crippen LogP contribution in [0.4, 0.5) is 5.69 Å². The molecule has 2 aromatic carbocycles. The monoisotopic (exact) mass is 354 g/mol. The van der Waals surface area contributed by atoms with E-state index in [1.807, 2.05) is 24.3 Å². The van der Waals surface area contributed by atoms with Crippen molar-refractivity contribution in [2.75, 3.05) is 12.4 Å². The number of halogens is 1. The maximum atomic E-state index is 13.1. The van der Waals surface area contributed by atoms with Gasteiger partial charge in [-0.1, -0.05) is 36.6 Å². The van der Waals surface area contributed by atoms with E-state index in [1.165, 1.54) is 7.11 Å². The summed E-state index contributed by atoms with van der Waals surface area (Å²) < 4.78 is 5.15. The minimum absolute atomic E-state index is 0.0404. The molecule has 1 fully saturated rings. The number of benzene rings is 2. The first-order valence-corrected chi connectivity index (χ1v) is 8.62. The third-order valence-electron chi connectivity index (χ3n) is 4.87. The largest absolute Gasteiger partial charge is 0.495 e. The number of amides is 1. The molecule has 1 N–H and O–H groups in total. The molecule has 0 atom stereocenters. The molecule has 1 saturated carbocycles. The molecule has 0 heterocycles. The van der Waals surface area contributed by atoms with E-state index in [2.05, 4.69) is 11.4 Å². The van der Waals surface area contributed by atoms with Gasteiger partial charge in [-0.05, 0) is 48.7 Å². The van der Waals surface area contributed by atoms with Crippen LogP contribution in [0.3, 0.4) is 0 Å². The van der Waals surface area contributed by atoms with Crippen LogP contribution in [0.2, 0.25) is 5.02 Å². The fourth-order valence-electron chi connectivity index (χ4n) is 3.52. The SMILES string of the molecule is COc1ccc(NC(=O)C2(c3ccc(Cl)cc3)CCCC2)cc1C#N. The van der Waals surface area contributed by atoms with Gasteiger partial charge in [0.25, 0.3) is 0 Å². The molecular weight excluding hydrogens is 336 g/mol. The topological polar surface area (TPSA) is 62.1 Å². The molecular formula is C20H19ClN2O2. The molecule has 1 aliphatic rings. The molecule has 128 valence electrons. The zero-order chi connectivity index (χ0) is 17.9. The van der Waals surface area contributed by atoms with Crippen LogP contribution >= 0.6 is 11.6 Å². The van der Waals surface area contributed by atoms with Gasteiger partial charge < -0.3 is 10.1 Å². The fourth-order valence-corrected chi connectivity index (χ4v) is 3.64. The van der Waals surface area contributed by atoms with Crippen molar-refractivity contribution in [3.63, 3.8) is 0 Å². The van der Waals surface area contributed by atoms with Gasteiger partial charge in [0.1, 0.15) is 11.8 Å². The summed E-state index contributed by atoms with van der Waals surface area (Å²) in [4.78, 5) is 13.1. The van der Waals surface area contributed by atoms with E-state index < -0.39 is 5.41 Å². The van der Waals surface area contributed by atoms with Crippen molar-refractivity contribution in [2.24, 2.45) is 0 Å². The lowest BCUT2D eigenvalue weighted by molar-refractivity contribution is -0.121. The van der Waals surface area contributed by atoms with Gasteiger partial charge in [0.2, 0.25) is 5.91 Å². The second-order valence-electron chi connectivity index (χ2n) is 6.28. The highest BCUT2D eigenvalue weighted by Crippen LogP contribution is 2.42. The number of carbonyl (C=O) groups excluding carboxylic acids is 1. The van der Waals surface area contributed by atoms with Crippen molar-refractivity contribution in [1.82, 2.24) is 0 Å². The standard InChI is InChI=1S/C20H19ClN2O2/c1-25-18-9-8-17(12-14(18)13-22)23-19(24)20(10-2-3-11-20)15-4-6-16(21)7-5-15/h4-9,12H,2-3,10-11H2,1H3,(H,23,24). The molecule has 0 aromatic heterocycles. The Kier molecular flexibility index (Phi) is 4.96. The molecule has 1 amide bonds. The van der Waals surface area contributed by atoms with Crippen LogP contribution < -0.4 is 10.1 Å². The van der Waals surface area contributed by atoms with Crippen LogP contribution in [0.25, 0.3) is 0 Å². The van der Waals surface area contributed by atoms with E-state index in [-0.39, 0.29) is 5.91 Å². The summed E-state index contributed by atoms with van der Waals surface area (Å²) in [5, 5.41) is 12.9. The Morgan fingerprint density at radius 1 is 1.20 bits per heavy atom. The zero-order valence-electron chi connectivity index (χ0n) is 14.0. The summed E-state index contributed by atoms with van der Waals surface area (Å²) >= 11 is 5.99. The van der Waals surface area contributed by atoms with E-state index in [0.717, 1.165) is 31.2 Å². The minimum Gasteiger partial charge on any atom is -0.495 e. The van der Waals surface area contributed by atoms with Crippen LogP contribution in [0.15, 0.2) is 42.5 Å². The first kappa shape index (κ1) is 17.3. The summed E-state index contributed by atoms with van der Waals surface area (Å²) in [5.74, 6) is 0.454. The van der Waals surface area contributed by atoms with Crippen LogP contribution in [-0.4, -0.2) is 13.0 Å². The number of nitriles is 1. The highest BCUT2D eigenvalue weighted by molar-refractivity contribution is 6.30. The number of hydrogen-bond donors (Lipinski definition) is 1. The normalized spacial score (nSPS) is 15.4. The van der Waals surface area contributed by atoms with Crippen molar-refractivity contribution in [3.05, 3.63) is 58.6 Å². The Hall–Kier alpha value is -2.51. The second kappa shape index (κ2) is 7.16. The van der Waals surface area contributed by atoms with Crippen molar-refractivity contribution < 1.29 is 9.53 Å². The molecule has 0 radical (unpaired) electrons. The number of anilines is 1.